The molecule has 2 aromatic rings. The predicted octanol–water partition coefficient (Wildman–Crippen LogP) is 2.27. The molecule has 2 unspecified atom stereocenters. The summed E-state index contributed by atoms with van der Waals surface area (Å²) in [6.45, 7) is 5.33. The van der Waals surface area contributed by atoms with E-state index in [4.69, 9.17) is 14.2 Å². The number of carbonyl (C=O) groups is 1. The molecule has 3 heterocycles. The van der Waals surface area contributed by atoms with E-state index >= 15 is 0 Å². The van der Waals surface area contributed by atoms with Crippen molar-refractivity contribution in [3.63, 3.8) is 0 Å². The lowest BCUT2D eigenvalue weighted by Gasteiger charge is -2.43. The second-order valence-electron chi connectivity index (χ2n) is 6.94. The normalized spacial score (nSPS) is 25.9. The Balaban J connectivity index is 1.58. The summed E-state index contributed by atoms with van der Waals surface area (Å²) >= 11 is 0. The van der Waals surface area contributed by atoms with Crippen LogP contribution < -0.4 is 0 Å². The zero-order valence-electron chi connectivity index (χ0n) is 15.0. The molecule has 2 aliphatic rings. The quantitative estimate of drug-likeness (QED) is 0.841. The van der Waals surface area contributed by atoms with E-state index in [0.717, 1.165) is 17.3 Å². The second-order valence-corrected chi connectivity index (χ2v) is 6.94. The molecule has 26 heavy (non-hydrogen) atoms. The number of morpholine rings is 1. The summed E-state index contributed by atoms with van der Waals surface area (Å²) in [6.07, 6.45) is 2.51. The monoisotopic (exact) mass is 356 g/mol. The Bertz CT molecular complexity index is 796. The summed E-state index contributed by atoms with van der Waals surface area (Å²) in [5.74, 6) is 0.0275. The van der Waals surface area contributed by atoms with Crippen molar-refractivity contribution in [3.05, 3.63) is 42.1 Å². The highest BCUT2D eigenvalue weighted by atomic mass is 16.5. The molecule has 0 saturated carbocycles. The lowest BCUT2D eigenvalue weighted by atomic mass is 9.92. The molecule has 1 aromatic heterocycles. The minimum atomic E-state index is -0.402. The van der Waals surface area contributed by atoms with Gasteiger partial charge in [0, 0.05) is 36.7 Å². The van der Waals surface area contributed by atoms with Crippen LogP contribution in [0.15, 0.2) is 36.5 Å². The van der Waals surface area contributed by atoms with Crippen LogP contribution >= 0.6 is 0 Å². The Hall–Kier alpha value is -2.02. The lowest BCUT2D eigenvalue weighted by molar-refractivity contribution is -0.0559. The Labute approximate surface area is 153 Å². The molecule has 4 rings (SSSR count). The fourth-order valence-corrected chi connectivity index (χ4v) is 3.87. The summed E-state index contributed by atoms with van der Waals surface area (Å²) in [5.41, 5.74) is 1.17. The first kappa shape index (κ1) is 17.4. The molecule has 2 fully saturated rings. The van der Waals surface area contributed by atoms with Gasteiger partial charge in [0.25, 0.3) is 5.91 Å². The molecule has 0 N–H and O–H groups in total. The molecule has 2 atom stereocenters. The summed E-state index contributed by atoms with van der Waals surface area (Å²) in [4.78, 5) is 19.6. The van der Waals surface area contributed by atoms with Gasteiger partial charge in [0.05, 0.1) is 43.6 Å². The average Bonchev–Trinajstić information content (AvgIpc) is 3.09. The molecule has 1 spiro atoms. The van der Waals surface area contributed by atoms with Crippen molar-refractivity contribution in [2.75, 3.05) is 39.6 Å². The third kappa shape index (κ3) is 3.20. The highest BCUT2D eigenvalue weighted by Gasteiger charge is 2.49. The van der Waals surface area contributed by atoms with Gasteiger partial charge < -0.3 is 19.1 Å². The largest absolute Gasteiger partial charge is 0.379 e. The van der Waals surface area contributed by atoms with E-state index in [9.17, 15) is 4.79 Å². The highest BCUT2D eigenvalue weighted by Crippen LogP contribution is 2.34. The van der Waals surface area contributed by atoms with Crippen LogP contribution in [0.3, 0.4) is 0 Å². The molecule has 6 nitrogen and oxygen atoms in total. The maximum atomic E-state index is 13.3. The van der Waals surface area contributed by atoms with Gasteiger partial charge in [-0.1, -0.05) is 6.07 Å². The van der Waals surface area contributed by atoms with Crippen LogP contribution in [0.2, 0.25) is 0 Å². The van der Waals surface area contributed by atoms with Crippen LogP contribution in [-0.2, 0) is 14.2 Å². The molecule has 2 saturated heterocycles. The Morgan fingerprint density at radius 2 is 2.31 bits per heavy atom. The van der Waals surface area contributed by atoms with E-state index in [1.54, 1.807) is 6.20 Å². The van der Waals surface area contributed by atoms with Crippen molar-refractivity contribution in [2.45, 2.75) is 25.0 Å². The van der Waals surface area contributed by atoms with Gasteiger partial charge in [-0.25, -0.2) is 0 Å². The predicted molar refractivity (Wildman–Crippen MR) is 97.2 cm³/mol. The first-order valence-corrected chi connectivity index (χ1v) is 9.16. The fraction of sp³-hybridized carbons (Fsp3) is 0.500. The third-order valence-electron chi connectivity index (χ3n) is 5.20. The van der Waals surface area contributed by atoms with Gasteiger partial charge in [-0.05, 0) is 31.2 Å². The van der Waals surface area contributed by atoms with E-state index in [2.05, 4.69) is 4.98 Å². The van der Waals surface area contributed by atoms with Crippen molar-refractivity contribution in [1.82, 2.24) is 9.88 Å². The zero-order valence-corrected chi connectivity index (χ0v) is 15.0. The smallest absolute Gasteiger partial charge is 0.254 e. The second kappa shape index (κ2) is 7.31. The lowest BCUT2D eigenvalue weighted by Crippen LogP contribution is -2.59. The number of hydrogen-bond donors (Lipinski definition) is 0. The number of carbonyl (C=O) groups excluding carboxylic acids is 1. The van der Waals surface area contributed by atoms with E-state index in [-0.39, 0.29) is 12.0 Å². The highest BCUT2D eigenvalue weighted by molar-refractivity contribution is 5.98. The number of aromatic nitrogens is 1. The number of rotatable bonds is 4. The van der Waals surface area contributed by atoms with Gasteiger partial charge in [-0.15, -0.1) is 0 Å². The van der Waals surface area contributed by atoms with E-state index in [1.165, 1.54) is 0 Å². The van der Waals surface area contributed by atoms with Crippen molar-refractivity contribution in [1.29, 1.82) is 0 Å². The topological polar surface area (TPSA) is 60.9 Å². The third-order valence-corrected chi connectivity index (χ3v) is 5.20. The summed E-state index contributed by atoms with van der Waals surface area (Å²) < 4.78 is 17.2. The van der Waals surface area contributed by atoms with E-state index in [0.29, 0.717) is 45.1 Å². The number of amides is 1. The molecule has 0 aliphatic carbocycles. The standard InChI is InChI=1S/C20H24N2O4/c1-2-24-12-17-11-20(14-26-17)13-25-9-8-22(20)19(23)16-5-6-18-15(10-16)4-3-7-21-18/h3-7,10,17H,2,8-9,11-14H2,1H3. The molecule has 138 valence electrons. The van der Waals surface area contributed by atoms with Gasteiger partial charge in [0.15, 0.2) is 0 Å². The molecule has 2 aliphatic heterocycles. The van der Waals surface area contributed by atoms with E-state index < -0.39 is 5.54 Å². The number of fused-ring (bicyclic) bond motifs is 1. The van der Waals surface area contributed by atoms with Crippen LogP contribution in [0.1, 0.15) is 23.7 Å². The van der Waals surface area contributed by atoms with Crippen LogP contribution in [-0.4, -0.2) is 67.0 Å². The minimum Gasteiger partial charge on any atom is -0.379 e. The van der Waals surface area contributed by atoms with Crippen molar-refractivity contribution in [2.24, 2.45) is 0 Å². The molecule has 0 bridgehead atoms. The fourth-order valence-electron chi connectivity index (χ4n) is 3.87. The number of ether oxygens (including phenoxy) is 3. The SMILES string of the molecule is CCOCC1CC2(COCCN2C(=O)c2ccc3ncccc3c2)CO1. The summed E-state index contributed by atoms with van der Waals surface area (Å²) in [5, 5.41) is 0.970. The van der Waals surface area contributed by atoms with Gasteiger partial charge >= 0.3 is 0 Å². The Morgan fingerprint density at radius 1 is 1.38 bits per heavy atom. The number of hydrogen-bond acceptors (Lipinski definition) is 5. The van der Waals surface area contributed by atoms with Gasteiger partial charge in [0.2, 0.25) is 0 Å². The number of benzene rings is 1. The van der Waals surface area contributed by atoms with Gasteiger partial charge in [-0.2, -0.15) is 0 Å². The Morgan fingerprint density at radius 3 is 3.19 bits per heavy atom. The van der Waals surface area contributed by atoms with Crippen LogP contribution in [0.25, 0.3) is 10.9 Å². The maximum absolute atomic E-state index is 13.3. The van der Waals surface area contributed by atoms with Crippen LogP contribution in [0.4, 0.5) is 0 Å². The van der Waals surface area contributed by atoms with Crippen molar-refractivity contribution in [3.8, 4) is 0 Å². The minimum absolute atomic E-state index is 0.00718. The van der Waals surface area contributed by atoms with Crippen LogP contribution in [0, 0.1) is 0 Å². The summed E-state index contributed by atoms with van der Waals surface area (Å²) in [6, 6.07) is 9.54. The molecule has 1 aromatic carbocycles. The molecular formula is C20H24N2O4. The molecule has 0 radical (unpaired) electrons. The van der Waals surface area contributed by atoms with Crippen LogP contribution in [0.5, 0.6) is 0 Å². The number of nitrogens with zero attached hydrogens (tertiary/aromatic N) is 2. The van der Waals surface area contributed by atoms with Gasteiger partial charge in [0.1, 0.15) is 0 Å². The van der Waals surface area contributed by atoms with Crippen molar-refractivity contribution >= 4 is 16.8 Å². The number of pyridine rings is 1. The first-order valence-electron chi connectivity index (χ1n) is 9.16. The molecule has 6 heteroatoms. The van der Waals surface area contributed by atoms with E-state index in [1.807, 2.05) is 42.2 Å². The average molecular weight is 356 g/mol. The zero-order chi connectivity index (χ0) is 18.0. The molecular weight excluding hydrogens is 332 g/mol. The van der Waals surface area contributed by atoms with Crippen molar-refractivity contribution < 1.29 is 19.0 Å². The Kier molecular flexibility index (Phi) is 4.89. The summed E-state index contributed by atoms with van der Waals surface area (Å²) in [7, 11) is 0. The first-order chi connectivity index (χ1) is 12.7. The van der Waals surface area contributed by atoms with Gasteiger partial charge in [-0.3, -0.25) is 9.78 Å². The molecule has 1 amide bonds. The maximum Gasteiger partial charge on any atom is 0.254 e.